The van der Waals surface area contributed by atoms with Crippen LogP contribution in [0, 0.1) is 5.92 Å². The number of nitrogens with zero attached hydrogens (tertiary/aromatic N) is 2. The molecule has 0 bridgehead atoms. The van der Waals surface area contributed by atoms with Crippen LogP contribution in [0.3, 0.4) is 0 Å². The molecule has 0 radical (unpaired) electrons. The normalized spacial score (nSPS) is 22.7. The van der Waals surface area contributed by atoms with Crippen molar-refractivity contribution in [2.45, 2.75) is 66.1 Å². The molecule has 0 aromatic heterocycles. The van der Waals surface area contributed by atoms with Crippen LogP contribution in [0.1, 0.15) is 48.5 Å². The van der Waals surface area contributed by atoms with Gasteiger partial charge in [-0.25, -0.2) is 0 Å². The molecule has 1 heterocycles. The SMILES string of the molecule is CC(CNC(C)(C)C)C(C)N1CCN(C(C)C)CC1. The smallest absolute Gasteiger partial charge is 0.0113 e. The first-order valence-electron chi connectivity index (χ1n) is 7.94. The molecule has 3 nitrogen and oxygen atoms in total. The maximum Gasteiger partial charge on any atom is 0.0113 e. The third kappa shape index (κ3) is 5.80. The minimum atomic E-state index is 0.227. The molecule has 0 saturated carbocycles. The van der Waals surface area contributed by atoms with Gasteiger partial charge in [-0.15, -0.1) is 0 Å². The Hall–Kier alpha value is -0.120. The average molecular weight is 269 g/mol. The highest BCUT2D eigenvalue weighted by Crippen LogP contribution is 2.15. The predicted molar refractivity (Wildman–Crippen MR) is 84.7 cm³/mol. The summed E-state index contributed by atoms with van der Waals surface area (Å²) < 4.78 is 0. The van der Waals surface area contributed by atoms with Crippen molar-refractivity contribution in [3.8, 4) is 0 Å². The van der Waals surface area contributed by atoms with Gasteiger partial charge in [0.1, 0.15) is 0 Å². The van der Waals surface area contributed by atoms with Gasteiger partial charge >= 0.3 is 0 Å². The minimum absolute atomic E-state index is 0.227. The van der Waals surface area contributed by atoms with Gasteiger partial charge < -0.3 is 5.32 Å². The summed E-state index contributed by atoms with van der Waals surface area (Å²) in [6, 6.07) is 1.36. The fraction of sp³-hybridized carbons (Fsp3) is 1.00. The van der Waals surface area contributed by atoms with Crippen LogP contribution in [0.5, 0.6) is 0 Å². The van der Waals surface area contributed by atoms with E-state index < -0.39 is 0 Å². The summed E-state index contributed by atoms with van der Waals surface area (Å²) in [5.41, 5.74) is 0.227. The molecule has 3 heteroatoms. The molecule has 0 aromatic carbocycles. The Kier molecular flexibility index (Phi) is 6.28. The van der Waals surface area contributed by atoms with Crippen LogP contribution in [0.25, 0.3) is 0 Å². The molecule has 1 aliphatic heterocycles. The van der Waals surface area contributed by atoms with Crippen LogP contribution < -0.4 is 5.32 Å². The van der Waals surface area contributed by atoms with E-state index in [2.05, 4.69) is 63.6 Å². The van der Waals surface area contributed by atoms with Gasteiger partial charge in [-0.05, 0) is 54.0 Å². The van der Waals surface area contributed by atoms with Gasteiger partial charge in [0.2, 0.25) is 0 Å². The maximum absolute atomic E-state index is 3.63. The lowest BCUT2D eigenvalue weighted by atomic mass is 9.99. The van der Waals surface area contributed by atoms with Crippen molar-refractivity contribution in [3.05, 3.63) is 0 Å². The first-order valence-corrected chi connectivity index (χ1v) is 7.94. The van der Waals surface area contributed by atoms with Crippen molar-refractivity contribution in [2.24, 2.45) is 5.92 Å². The highest BCUT2D eigenvalue weighted by Gasteiger charge is 2.25. The molecule has 1 fully saturated rings. The number of rotatable bonds is 5. The zero-order valence-corrected chi connectivity index (χ0v) is 14.2. The van der Waals surface area contributed by atoms with Crippen LogP contribution in [0.2, 0.25) is 0 Å². The van der Waals surface area contributed by atoms with Gasteiger partial charge in [0.25, 0.3) is 0 Å². The second-order valence-corrected chi connectivity index (χ2v) is 7.51. The Bertz CT molecular complexity index is 249. The van der Waals surface area contributed by atoms with E-state index in [9.17, 15) is 0 Å². The lowest BCUT2D eigenvalue weighted by molar-refractivity contribution is 0.0644. The van der Waals surface area contributed by atoms with E-state index in [4.69, 9.17) is 0 Å². The van der Waals surface area contributed by atoms with Crippen LogP contribution >= 0.6 is 0 Å². The quantitative estimate of drug-likeness (QED) is 0.827. The third-order valence-corrected chi connectivity index (χ3v) is 4.43. The fourth-order valence-electron chi connectivity index (χ4n) is 2.66. The Labute approximate surface area is 120 Å². The van der Waals surface area contributed by atoms with E-state index in [1.54, 1.807) is 0 Å². The van der Waals surface area contributed by atoms with Gasteiger partial charge in [0.05, 0.1) is 0 Å². The summed E-state index contributed by atoms with van der Waals surface area (Å²) in [5, 5.41) is 3.63. The highest BCUT2D eigenvalue weighted by molar-refractivity contribution is 4.82. The zero-order valence-electron chi connectivity index (χ0n) is 14.2. The van der Waals surface area contributed by atoms with Crippen LogP contribution in [0.4, 0.5) is 0 Å². The molecule has 1 saturated heterocycles. The minimum Gasteiger partial charge on any atom is -0.312 e. The lowest BCUT2D eigenvalue weighted by Crippen LogP contribution is -2.54. The Balaban J connectivity index is 2.35. The van der Waals surface area contributed by atoms with Crippen LogP contribution in [-0.4, -0.2) is 60.1 Å². The molecular weight excluding hydrogens is 234 g/mol. The molecular formula is C16H35N3. The summed E-state index contributed by atoms with van der Waals surface area (Å²) >= 11 is 0. The molecule has 1 N–H and O–H groups in total. The van der Waals surface area contributed by atoms with Gasteiger partial charge in [0.15, 0.2) is 0 Å². The average Bonchev–Trinajstić information content (AvgIpc) is 2.34. The molecule has 19 heavy (non-hydrogen) atoms. The number of hydrogen-bond donors (Lipinski definition) is 1. The molecule has 2 atom stereocenters. The summed E-state index contributed by atoms with van der Waals surface area (Å²) in [4.78, 5) is 5.25. The summed E-state index contributed by atoms with van der Waals surface area (Å²) in [6.45, 7) is 22.1. The van der Waals surface area contributed by atoms with Crippen molar-refractivity contribution in [1.29, 1.82) is 0 Å². The summed E-state index contributed by atoms with van der Waals surface area (Å²) in [5.74, 6) is 0.699. The van der Waals surface area contributed by atoms with Crippen molar-refractivity contribution in [1.82, 2.24) is 15.1 Å². The van der Waals surface area contributed by atoms with Gasteiger partial charge in [-0.3, -0.25) is 9.80 Å². The van der Waals surface area contributed by atoms with Crippen molar-refractivity contribution in [2.75, 3.05) is 32.7 Å². The van der Waals surface area contributed by atoms with Gasteiger partial charge in [-0.1, -0.05) is 6.92 Å². The van der Waals surface area contributed by atoms with E-state index in [1.807, 2.05) is 0 Å². The molecule has 0 aromatic rings. The zero-order chi connectivity index (χ0) is 14.6. The maximum atomic E-state index is 3.63. The lowest BCUT2D eigenvalue weighted by Gasteiger charge is -2.42. The second kappa shape index (κ2) is 7.05. The topological polar surface area (TPSA) is 18.5 Å². The van der Waals surface area contributed by atoms with E-state index in [-0.39, 0.29) is 5.54 Å². The molecule has 1 aliphatic rings. The summed E-state index contributed by atoms with van der Waals surface area (Å²) in [6.07, 6.45) is 0. The van der Waals surface area contributed by atoms with E-state index in [0.717, 1.165) is 6.54 Å². The monoisotopic (exact) mass is 269 g/mol. The van der Waals surface area contributed by atoms with E-state index >= 15 is 0 Å². The van der Waals surface area contributed by atoms with Crippen molar-refractivity contribution in [3.63, 3.8) is 0 Å². The fourth-order valence-corrected chi connectivity index (χ4v) is 2.66. The Morgan fingerprint density at radius 2 is 1.37 bits per heavy atom. The van der Waals surface area contributed by atoms with E-state index in [1.165, 1.54) is 26.2 Å². The molecule has 0 amide bonds. The number of piperazine rings is 1. The molecule has 0 aliphatic carbocycles. The molecule has 114 valence electrons. The third-order valence-electron chi connectivity index (χ3n) is 4.43. The largest absolute Gasteiger partial charge is 0.312 e. The molecule has 2 unspecified atom stereocenters. The first-order chi connectivity index (χ1) is 8.70. The Morgan fingerprint density at radius 3 is 1.79 bits per heavy atom. The van der Waals surface area contributed by atoms with Crippen molar-refractivity contribution >= 4 is 0 Å². The first kappa shape index (κ1) is 16.9. The van der Waals surface area contributed by atoms with E-state index in [0.29, 0.717) is 18.0 Å². The summed E-state index contributed by atoms with van der Waals surface area (Å²) in [7, 11) is 0. The van der Waals surface area contributed by atoms with Crippen LogP contribution in [-0.2, 0) is 0 Å². The van der Waals surface area contributed by atoms with Gasteiger partial charge in [0, 0.05) is 43.8 Å². The Morgan fingerprint density at radius 1 is 0.895 bits per heavy atom. The van der Waals surface area contributed by atoms with Gasteiger partial charge in [-0.2, -0.15) is 0 Å². The van der Waals surface area contributed by atoms with Crippen molar-refractivity contribution < 1.29 is 0 Å². The molecule has 1 rings (SSSR count). The highest BCUT2D eigenvalue weighted by atomic mass is 15.3. The number of hydrogen-bond acceptors (Lipinski definition) is 3. The number of nitrogens with one attached hydrogen (secondary N) is 1. The molecule has 0 spiro atoms. The second-order valence-electron chi connectivity index (χ2n) is 7.51. The predicted octanol–water partition coefficient (Wildman–Crippen LogP) is 2.43. The standard InChI is InChI=1S/C16H35N3/c1-13(2)18-8-10-19(11-9-18)15(4)14(3)12-17-16(5,6)7/h13-15,17H,8-12H2,1-7H3. The van der Waals surface area contributed by atoms with Crippen LogP contribution in [0.15, 0.2) is 0 Å².